The zero-order valence-electron chi connectivity index (χ0n) is 15.6. The van der Waals surface area contributed by atoms with Crippen LogP contribution in [-0.2, 0) is 4.57 Å². The lowest BCUT2D eigenvalue weighted by Crippen LogP contribution is -2.46. The number of para-hydroxylation sites is 3. The summed E-state index contributed by atoms with van der Waals surface area (Å²) in [4.78, 5) is 2.28. The quantitative estimate of drug-likeness (QED) is 0.546. The van der Waals surface area contributed by atoms with Crippen molar-refractivity contribution in [1.82, 2.24) is 4.67 Å². The average Bonchev–Trinajstić information content (AvgIpc) is 2.76. The molecule has 0 unspecified atom stereocenters. The maximum Gasteiger partial charge on any atom is 0.515 e. The zero-order valence-corrected chi connectivity index (χ0v) is 16.4. The van der Waals surface area contributed by atoms with Gasteiger partial charge in [0.25, 0.3) is 0 Å². The van der Waals surface area contributed by atoms with E-state index >= 15 is 0 Å². The van der Waals surface area contributed by atoms with E-state index in [0.29, 0.717) is 24.6 Å². The molecule has 0 aromatic heterocycles. The van der Waals surface area contributed by atoms with E-state index in [9.17, 15) is 4.57 Å². The van der Waals surface area contributed by atoms with Crippen LogP contribution in [0.3, 0.4) is 0 Å². The average molecular weight is 394 g/mol. The van der Waals surface area contributed by atoms with E-state index < -0.39 is 7.75 Å². The largest absolute Gasteiger partial charge is 0.515 e. The Labute approximate surface area is 165 Å². The van der Waals surface area contributed by atoms with Crippen molar-refractivity contribution in [3.8, 4) is 11.5 Å². The first-order valence-electron chi connectivity index (χ1n) is 9.38. The van der Waals surface area contributed by atoms with E-state index in [1.807, 2.05) is 59.3 Å². The van der Waals surface area contributed by atoms with E-state index in [1.54, 1.807) is 24.3 Å². The summed E-state index contributed by atoms with van der Waals surface area (Å²) < 4.78 is 27.5. The topological polar surface area (TPSA) is 42.0 Å². The molecule has 3 aromatic rings. The molecule has 1 aliphatic rings. The highest BCUT2D eigenvalue weighted by Gasteiger charge is 2.39. The molecular formula is C22H23N2O3P. The third-order valence-corrected chi connectivity index (χ3v) is 6.63. The van der Waals surface area contributed by atoms with Crippen LogP contribution in [0.5, 0.6) is 11.5 Å². The Hall–Kier alpha value is -2.75. The van der Waals surface area contributed by atoms with Crippen LogP contribution in [0.2, 0.25) is 0 Å². The number of piperazine rings is 1. The van der Waals surface area contributed by atoms with Crippen molar-refractivity contribution in [3.05, 3.63) is 91.0 Å². The summed E-state index contributed by atoms with van der Waals surface area (Å²) in [6, 6.07) is 28.7. The summed E-state index contributed by atoms with van der Waals surface area (Å²) in [7, 11) is -3.55. The lowest BCUT2D eigenvalue weighted by atomic mass is 10.2. The summed E-state index contributed by atoms with van der Waals surface area (Å²) >= 11 is 0. The lowest BCUT2D eigenvalue weighted by molar-refractivity contribution is 0.273. The van der Waals surface area contributed by atoms with E-state index in [-0.39, 0.29) is 0 Å². The Morgan fingerprint density at radius 2 is 1.04 bits per heavy atom. The predicted octanol–water partition coefficient (Wildman–Crippen LogP) is 5.07. The second kappa shape index (κ2) is 8.51. The van der Waals surface area contributed by atoms with E-state index in [2.05, 4.69) is 17.0 Å². The second-order valence-corrected chi connectivity index (χ2v) is 8.42. The molecule has 0 atom stereocenters. The number of nitrogens with zero attached hydrogens (tertiary/aromatic N) is 2. The molecule has 0 amide bonds. The van der Waals surface area contributed by atoms with Gasteiger partial charge in [-0.2, -0.15) is 4.67 Å². The molecule has 1 heterocycles. The predicted molar refractivity (Wildman–Crippen MR) is 112 cm³/mol. The first-order chi connectivity index (χ1) is 13.7. The molecule has 1 fully saturated rings. The zero-order chi connectivity index (χ0) is 19.2. The molecule has 0 spiro atoms. The molecule has 28 heavy (non-hydrogen) atoms. The van der Waals surface area contributed by atoms with Crippen LogP contribution < -0.4 is 13.9 Å². The molecular weight excluding hydrogens is 371 g/mol. The fourth-order valence-corrected chi connectivity index (χ4v) is 4.91. The standard InChI is InChI=1S/C22H23N2O3P/c25-28(26-21-12-6-2-7-13-21,27-22-14-8-3-9-15-22)24-18-16-23(17-19-24)20-10-4-1-5-11-20/h1-15H,16-19H2. The Morgan fingerprint density at radius 1 is 0.607 bits per heavy atom. The molecule has 5 nitrogen and oxygen atoms in total. The van der Waals surface area contributed by atoms with Gasteiger partial charge in [0.2, 0.25) is 0 Å². The molecule has 144 valence electrons. The first kappa shape index (κ1) is 18.6. The molecule has 0 radical (unpaired) electrons. The van der Waals surface area contributed by atoms with Gasteiger partial charge in [0, 0.05) is 31.9 Å². The van der Waals surface area contributed by atoms with Gasteiger partial charge in [-0.1, -0.05) is 54.6 Å². The Bertz CT molecular complexity index is 869. The van der Waals surface area contributed by atoms with Gasteiger partial charge in [-0.25, -0.2) is 4.57 Å². The second-order valence-electron chi connectivity index (χ2n) is 6.55. The molecule has 0 saturated carbocycles. The summed E-state index contributed by atoms with van der Waals surface area (Å²) in [5.41, 5.74) is 1.17. The smallest absolute Gasteiger partial charge is 0.404 e. The van der Waals surface area contributed by atoms with Gasteiger partial charge in [0.15, 0.2) is 0 Å². The van der Waals surface area contributed by atoms with Crippen LogP contribution in [0.25, 0.3) is 0 Å². The van der Waals surface area contributed by atoms with Crippen molar-refractivity contribution in [2.75, 3.05) is 31.1 Å². The fourth-order valence-electron chi connectivity index (χ4n) is 3.20. The van der Waals surface area contributed by atoms with Crippen molar-refractivity contribution in [2.45, 2.75) is 0 Å². The fraction of sp³-hybridized carbons (Fsp3) is 0.182. The van der Waals surface area contributed by atoms with Gasteiger partial charge in [-0.05, 0) is 36.4 Å². The minimum Gasteiger partial charge on any atom is -0.404 e. The van der Waals surface area contributed by atoms with Crippen molar-refractivity contribution >= 4 is 13.4 Å². The van der Waals surface area contributed by atoms with Crippen molar-refractivity contribution in [3.63, 3.8) is 0 Å². The number of benzene rings is 3. The SMILES string of the molecule is O=P(Oc1ccccc1)(Oc1ccccc1)N1CCN(c2ccccc2)CC1. The minimum absolute atomic E-state index is 0.534. The van der Waals surface area contributed by atoms with E-state index in [1.165, 1.54) is 5.69 Å². The van der Waals surface area contributed by atoms with Gasteiger partial charge in [-0.3, -0.25) is 0 Å². The molecule has 1 aliphatic heterocycles. The monoisotopic (exact) mass is 394 g/mol. The normalized spacial score (nSPS) is 15.2. The number of hydrogen-bond acceptors (Lipinski definition) is 4. The molecule has 0 bridgehead atoms. The molecule has 3 aromatic carbocycles. The van der Waals surface area contributed by atoms with E-state index in [4.69, 9.17) is 9.05 Å². The first-order valence-corrected chi connectivity index (χ1v) is 10.9. The molecule has 0 N–H and O–H groups in total. The van der Waals surface area contributed by atoms with Gasteiger partial charge in [0.1, 0.15) is 11.5 Å². The maximum atomic E-state index is 13.8. The van der Waals surface area contributed by atoms with Crippen LogP contribution in [0.1, 0.15) is 0 Å². The molecule has 6 heteroatoms. The van der Waals surface area contributed by atoms with Crippen LogP contribution in [-0.4, -0.2) is 30.8 Å². The highest BCUT2D eigenvalue weighted by Crippen LogP contribution is 2.52. The van der Waals surface area contributed by atoms with Crippen molar-refractivity contribution in [2.24, 2.45) is 0 Å². The van der Waals surface area contributed by atoms with Crippen LogP contribution in [0.4, 0.5) is 5.69 Å². The van der Waals surface area contributed by atoms with Crippen LogP contribution >= 0.6 is 7.75 Å². The minimum atomic E-state index is -3.55. The van der Waals surface area contributed by atoms with Gasteiger partial charge < -0.3 is 13.9 Å². The molecule has 4 rings (SSSR count). The van der Waals surface area contributed by atoms with Gasteiger partial charge >= 0.3 is 7.75 Å². The summed E-state index contributed by atoms with van der Waals surface area (Å²) in [5, 5.41) is 0. The Balaban J connectivity index is 1.53. The van der Waals surface area contributed by atoms with Gasteiger partial charge in [0.05, 0.1) is 0 Å². The van der Waals surface area contributed by atoms with Crippen molar-refractivity contribution < 1.29 is 13.6 Å². The third-order valence-electron chi connectivity index (χ3n) is 4.65. The van der Waals surface area contributed by atoms with Crippen LogP contribution in [0.15, 0.2) is 91.0 Å². The van der Waals surface area contributed by atoms with Gasteiger partial charge in [-0.15, -0.1) is 0 Å². The Morgan fingerprint density at radius 3 is 1.50 bits per heavy atom. The third kappa shape index (κ3) is 4.38. The summed E-state index contributed by atoms with van der Waals surface area (Å²) in [6.07, 6.45) is 0. The van der Waals surface area contributed by atoms with Crippen LogP contribution in [0, 0.1) is 0 Å². The van der Waals surface area contributed by atoms with Crippen molar-refractivity contribution in [1.29, 1.82) is 0 Å². The maximum absolute atomic E-state index is 13.8. The summed E-state index contributed by atoms with van der Waals surface area (Å²) in [5.74, 6) is 1.07. The lowest BCUT2D eigenvalue weighted by Gasteiger charge is -2.38. The highest BCUT2D eigenvalue weighted by molar-refractivity contribution is 7.52. The number of hydrogen-bond donors (Lipinski definition) is 0. The molecule has 1 saturated heterocycles. The number of anilines is 1. The molecule has 0 aliphatic carbocycles. The van der Waals surface area contributed by atoms with E-state index in [0.717, 1.165) is 13.1 Å². The Kier molecular flexibility index (Phi) is 5.65. The highest BCUT2D eigenvalue weighted by atomic mass is 31.2. The summed E-state index contributed by atoms with van der Waals surface area (Å²) in [6.45, 7) is 2.69. The number of rotatable bonds is 6.